The van der Waals surface area contributed by atoms with Gasteiger partial charge in [-0.2, -0.15) is 0 Å². The Bertz CT molecular complexity index is 3300. The second-order valence-electron chi connectivity index (χ2n) is 15.2. The van der Waals surface area contributed by atoms with Crippen LogP contribution < -0.4 is 4.90 Å². The monoisotopic (exact) mass is 765 g/mol. The highest BCUT2D eigenvalue weighted by atomic mass is 16.3. The normalized spacial score (nSPS) is 11.3. The summed E-state index contributed by atoms with van der Waals surface area (Å²) in [4.78, 5) is 2.40. The van der Waals surface area contributed by atoms with Gasteiger partial charge in [-0.05, 0) is 109 Å². The molecule has 0 aliphatic carbocycles. The maximum Gasteiger partial charge on any atom is 0.135 e. The molecule has 2 heteroatoms. The number of anilines is 3. The zero-order chi connectivity index (χ0) is 39.8. The molecule has 11 aromatic rings. The highest BCUT2D eigenvalue weighted by Gasteiger charge is 2.22. The molecule has 0 aliphatic heterocycles. The first-order valence-electron chi connectivity index (χ1n) is 20.5. The fraction of sp³-hybridized carbons (Fsp3) is 0. The molecule has 1 aromatic heterocycles. The van der Waals surface area contributed by atoms with Crippen LogP contribution in [0.1, 0.15) is 0 Å². The Labute approximate surface area is 349 Å². The number of fused-ring (bicyclic) bond motifs is 4. The van der Waals surface area contributed by atoms with Crippen LogP contribution in [0, 0.1) is 0 Å². The Morgan fingerprint density at radius 2 is 0.800 bits per heavy atom. The van der Waals surface area contributed by atoms with Gasteiger partial charge >= 0.3 is 0 Å². The van der Waals surface area contributed by atoms with Gasteiger partial charge in [0.25, 0.3) is 0 Å². The summed E-state index contributed by atoms with van der Waals surface area (Å²) >= 11 is 0. The summed E-state index contributed by atoms with van der Waals surface area (Å²) in [6.07, 6.45) is 0. The van der Waals surface area contributed by atoms with Crippen molar-refractivity contribution in [3.63, 3.8) is 0 Å². The van der Waals surface area contributed by atoms with E-state index in [1.54, 1.807) is 0 Å². The van der Waals surface area contributed by atoms with Gasteiger partial charge in [-0.1, -0.05) is 188 Å². The van der Waals surface area contributed by atoms with Crippen LogP contribution in [0.5, 0.6) is 0 Å². The maximum atomic E-state index is 6.32. The summed E-state index contributed by atoms with van der Waals surface area (Å²) in [6.45, 7) is 0. The number of rotatable bonds is 8. The van der Waals surface area contributed by atoms with E-state index >= 15 is 0 Å². The highest BCUT2D eigenvalue weighted by molar-refractivity contribution is 6.07. The van der Waals surface area contributed by atoms with Crippen LogP contribution in [0.25, 0.3) is 88.3 Å². The third kappa shape index (κ3) is 6.32. The SMILES string of the molecule is c1ccc(-c2ccc(-c3ccccc3-c3ccccc3N(c3ccc(-c4cccc5ccccc45)cc3)c3ccc4oc5ccccc5c4c3)c(-c3ccccc3)c2)cc1. The Balaban J connectivity index is 1.10. The zero-order valence-electron chi connectivity index (χ0n) is 32.9. The average Bonchev–Trinajstić information content (AvgIpc) is 3.70. The molecule has 2 nitrogen and oxygen atoms in total. The summed E-state index contributed by atoms with van der Waals surface area (Å²) in [5, 5.41) is 4.67. The largest absolute Gasteiger partial charge is 0.456 e. The lowest BCUT2D eigenvalue weighted by molar-refractivity contribution is 0.669. The van der Waals surface area contributed by atoms with Gasteiger partial charge < -0.3 is 9.32 Å². The summed E-state index contributed by atoms with van der Waals surface area (Å²) < 4.78 is 6.32. The number of hydrogen-bond donors (Lipinski definition) is 0. The molecule has 0 aliphatic rings. The molecule has 60 heavy (non-hydrogen) atoms. The molecule has 0 amide bonds. The van der Waals surface area contributed by atoms with Gasteiger partial charge in [0.05, 0.1) is 5.69 Å². The van der Waals surface area contributed by atoms with Gasteiger partial charge in [-0.3, -0.25) is 0 Å². The lowest BCUT2D eigenvalue weighted by Gasteiger charge is -2.29. The van der Waals surface area contributed by atoms with Gasteiger partial charge in [-0.25, -0.2) is 0 Å². The van der Waals surface area contributed by atoms with Crippen LogP contribution in [0.4, 0.5) is 17.1 Å². The van der Waals surface area contributed by atoms with Crippen LogP contribution in [0.15, 0.2) is 241 Å². The van der Waals surface area contributed by atoms with Crippen molar-refractivity contribution in [3.8, 4) is 55.6 Å². The van der Waals surface area contributed by atoms with Crippen LogP contribution in [0.2, 0.25) is 0 Å². The van der Waals surface area contributed by atoms with Crippen LogP contribution in [0.3, 0.4) is 0 Å². The molecule has 0 unspecified atom stereocenters. The van der Waals surface area contributed by atoms with Gasteiger partial charge in [0, 0.05) is 27.7 Å². The van der Waals surface area contributed by atoms with E-state index in [9.17, 15) is 0 Å². The van der Waals surface area contributed by atoms with E-state index in [4.69, 9.17) is 4.42 Å². The van der Waals surface area contributed by atoms with Gasteiger partial charge in [-0.15, -0.1) is 0 Å². The van der Waals surface area contributed by atoms with Crippen molar-refractivity contribution in [1.29, 1.82) is 0 Å². The van der Waals surface area contributed by atoms with Gasteiger partial charge in [0.1, 0.15) is 11.2 Å². The molecule has 0 saturated carbocycles. The molecule has 1 heterocycles. The lowest BCUT2D eigenvalue weighted by Crippen LogP contribution is -2.11. The standard InChI is InChI=1S/C58H39NO/c1-3-16-40(17-4-1)44-32-36-51(54(38-44)42-18-5-2-6-19-42)49-23-9-10-24-50(49)52-25-11-13-28-56(52)59(46-35-37-58-55(39-46)53-26-12-14-29-57(53)60-58)45-33-30-43(31-34-45)48-27-15-21-41-20-7-8-22-47(41)48/h1-39H. The van der Waals surface area contributed by atoms with Crippen molar-refractivity contribution < 1.29 is 4.42 Å². The van der Waals surface area contributed by atoms with E-state index in [0.29, 0.717) is 0 Å². The molecule has 0 atom stereocenters. The Kier molecular flexibility index (Phi) is 8.87. The number of para-hydroxylation sites is 2. The van der Waals surface area contributed by atoms with Crippen molar-refractivity contribution in [1.82, 2.24) is 0 Å². The molecule has 0 fully saturated rings. The van der Waals surface area contributed by atoms with E-state index in [0.717, 1.165) is 50.1 Å². The third-order valence-electron chi connectivity index (χ3n) is 11.7. The van der Waals surface area contributed by atoms with Gasteiger partial charge in [0.2, 0.25) is 0 Å². The fourth-order valence-electron chi connectivity index (χ4n) is 8.84. The number of hydrogen-bond acceptors (Lipinski definition) is 2. The van der Waals surface area contributed by atoms with E-state index in [1.165, 1.54) is 55.3 Å². The Hall–Kier alpha value is -7.94. The molecule has 0 saturated heterocycles. The first kappa shape index (κ1) is 35.2. The minimum atomic E-state index is 0.872. The topological polar surface area (TPSA) is 16.4 Å². The number of furan rings is 1. The van der Waals surface area contributed by atoms with Crippen LogP contribution in [-0.4, -0.2) is 0 Å². The number of benzene rings is 10. The highest BCUT2D eigenvalue weighted by Crippen LogP contribution is 2.47. The molecular formula is C58H39NO. The quantitative estimate of drug-likeness (QED) is 0.153. The Morgan fingerprint density at radius 1 is 0.267 bits per heavy atom. The van der Waals surface area contributed by atoms with Crippen molar-refractivity contribution in [2.24, 2.45) is 0 Å². The van der Waals surface area contributed by atoms with E-state index < -0.39 is 0 Å². The summed E-state index contributed by atoms with van der Waals surface area (Å²) in [5.74, 6) is 0. The van der Waals surface area contributed by atoms with Crippen molar-refractivity contribution in [3.05, 3.63) is 237 Å². The van der Waals surface area contributed by atoms with Crippen molar-refractivity contribution in [2.75, 3.05) is 4.90 Å². The summed E-state index contributed by atoms with van der Waals surface area (Å²) in [6, 6.07) is 85.0. The van der Waals surface area contributed by atoms with Crippen molar-refractivity contribution >= 4 is 49.8 Å². The molecule has 10 aromatic carbocycles. The fourth-order valence-corrected chi connectivity index (χ4v) is 8.84. The summed E-state index contributed by atoms with van der Waals surface area (Å²) in [7, 11) is 0. The first-order valence-corrected chi connectivity index (χ1v) is 20.5. The molecule has 11 rings (SSSR count). The number of nitrogens with zero attached hydrogens (tertiary/aromatic N) is 1. The van der Waals surface area contributed by atoms with Crippen molar-refractivity contribution in [2.45, 2.75) is 0 Å². The lowest BCUT2D eigenvalue weighted by atomic mass is 9.87. The average molecular weight is 766 g/mol. The minimum absolute atomic E-state index is 0.872. The first-order chi connectivity index (χ1) is 29.8. The maximum absolute atomic E-state index is 6.32. The second kappa shape index (κ2) is 15.1. The zero-order valence-corrected chi connectivity index (χ0v) is 32.9. The molecule has 0 N–H and O–H groups in total. The molecule has 0 radical (unpaired) electrons. The second-order valence-corrected chi connectivity index (χ2v) is 15.2. The van der Waals surface area contributed by atoms with E-state index in [2.05, 4.69) is 229 Å². The summed E-state index contributed by atoms with van der Waals surface area (Å²) in [5.41, 5.74) is 16.8. The van der Waals surface area contributed by atoms with Crippen LogP contribution in [-0.2, 0) is 0 Å². The predicted molar refractivity (Wildman–Crippen MR) is 253 cm³/mol. The van der Waals surface area contributed by atoms with Gasteiger partial charge in [0.15, 0.2) is 0 Å². The van der Waals surface area contributed by atoms with E-state index in [-0.39, 0.29) is 0 Å². The van der Waals surface area contributed by atoms with E-state index in [1.807, 2.05) is 12.1 Å². The molecule has 0 spiro atoms. The minimum Gasteiger partial charge on any atom is -0.456 e. The smallest absolute Gasteiger partial charge is 0.135 e. The molecular weight excluding hydrogens is 727 g/mol. The third-order valence-corrected chi connectivity index (χ3v) is 11.7. The predicted octanol–water partition coefficient (Wildman–Crippen LogP) is 16.5. The Morgan fingerprint density at radius 3 is 1.60 bits per heavy atom. The molecule has 282 valence electrons. The molecule has 0 bridgehead atoms. The van der Waals surface area contributed by atoms with Crippen LogP contribution >= 0.6 is 0 Å².